The molecule has 2 N–H and O–H groups in total. The largest absolute Gasteiger partial charge is 0.396 e. The molecule has 0 fully saturated rings. The Balaban J connectivity index is 2.36. The van der Waals surface area contributed by atoms with E-state index in [-0.39, 0.29) is 5.41 Å². The smallest absolute Gasteiger partial charge is 0.0827 e. The summed E-state index contributed by atoms with van der Waals surface area (Å²) in [4.78, 5) is 0. The second-order valence-electron chi connectivity index (χ2n) is 5.41. The molecule has 1 aromatic carbocycles. The van der Waals surface area contributed by atoms with Crippen LogP contribution in [0.4, 0.5) is 5.69 Å². The molecule has 17 heavy (non-hydrogen) atoms. The van der Waals surface area contributed by atoms with Crippen molar-refractivity contribution in [3.63, 3.8) is 0 Å². The van der Waals surface area contributed by atoms with Crippen LogP contribution in [0.15, 0.2) is 30.5 Å². The van der Waals surface area contributed by atoms with Crippen LogP contribution in [-0.4, -0.2) is 9.78 Å². The standard InChI is InChI=1S/C14H19N3/c1-10-13(15)9-17(16-10)12-7-5-11(6-8-12)14(2,3)4/h5-9H,15H2,1-4H3. The number of nitrogens with two attached hydrogens (primary N) is 1. The van der Waals surface area contributed by atoms with E-state index >= 15 is 0 Å². The molecular weight excluding hydrogens is 210 g/mol. The van der Waals surface area contributed by atoms with Crippen LogP contribution in [-0.2, 0) is 5.41 Å². The van der Waals surface area contributed by atoms with Gasteiger partial charge in [0.25, 0.3) is 0 Å². The fraction of sp³-hybridized carbons (Fsp3) is 0.357. The molecule has 0 aliphatic carbocycles. The molecule has 3 nitrogen and oxygen atoms in total. The first-order valence-corrected chi connectivity index (χ1v) is 5.80. The number of hydrogen-bond donors (Lipinski definition) is 1. The zero-order valence-corrected chi connectivity index (χ0v) is 10.9. The van der Waals surface area contributed by atoms with Crippen molar-refractivity contribution in [2.24, 2.45) is 0 Å². The van der Waals surface area contributed by atoms with Crippen LogP contribution in [0.25, 0.3) is 5.69 Å². The Hall–Kier alpha value is -1.77. The van der Waals surface area contributed by atoms with Crippen LogP contribution in [0.1, 0.15) is 32.0 Å². The highest BCUT2D eigenvalue weighted by molar-refractivity contribution is 5.44. The second-order valence-corrected chi connectivity index (χ2v) is 5.41. The molecule has 0 aliphatic heterocycles. The average Bonchev–Trinajstić information content (AvgIpc) is 2.58. The van der Waals surface area contributed by atoms with Gasteiger partial charge < -0.3 is 5.73 Å². The highest BCUT2D eigenvalue weighted by Gasteiger charge is 2.13. The molecule has 3 heteroatoms. The highest BCUT2D eigenvalue weighted by atomic mass is 15.3. The highest BCUT2D eigenvalue weighted by Crippen LogP contribution is 2.23. The van der Waals surface area contributed by atoms with Crippen molar-refractivity contribution in [1.82, 2.24) is 9.78 Å². The number of nitrogen functional groups attached to an aromatic ring is 1. The van der Waals surface area contributed by atoms with Crippen molar-refractivity contribution in [2.45, 2.75) is 33.1 Å². The Kier molecular flexibility index (Phi) is 2.69. The van der Waals surface area contributed by atoms with Gasteiger partial charge in [-0.05, 0) is 30.0 Å². The number of aryl methyl sites for hydroxylation is 1. The number of hydrogen-bond acceptors (Lipinski definition) is 2. The second kappa shape index (κ2) is 3.91. The van der Waals surface area contributed by atoms with Gasteiger partial charge in [-0.15, -0.1) is 0 Å². The Labute approximate surface area is 102 Å². The van der Waals surface area contributed by atoms with E-state index in [1.54, 1.807) is 0 Å². The predicted octanol–water partition coefficient (Wildman–Crippen LogP) is 3.06. The summed E-state index contributed by atoms with van der Waals surface area (Å²) in [6.07, 6.45) is 1.85. The number of benzene rings is 1. The third kappa shape index (κ3) is 2.33. The van der Waals surface area contributed by atoms with E-state index in [9.17, 15) is 0 Å². The Morgan fingerprint density at radius 3 is 2.12 bits per heavy atom. The summed E-state index contributed by atoms with van der Waals surface area (Å²) in [6.45, 7) is 8.53. The van der Waals surface area contributed by atoms with Gasteiger partial charge in [0.2, 0.25) is 0 Å². The minimum absolute atomic E-state index is 0.178. The number of anilines is 1. The molecule has 2 rings (SSSR count). The van der Waals surface area contributed by atoms with Gasteiger partial charge in [0.05, 0.1) is 23.3 Å². The SMILES string of the molecule is Cc1nn(-c2ccc(C(C)(C)C)cc2)cc1N. The molecule has 1 aromatic heterocycles. The van der Waals surface area contributed by atoms with Gasteiger partial charge in [-0.1, -0.05) is 32.9 Å². The van der Waals surface area contributed by atoms with E-state index < -0.39 is 0 Å². The molecule has 0 saturated heterocycles. The summed E-state index contributed by atoms with van der Waals surface area (Å²) in [7, 11) is 0. The first-order chi connectivity index (χ1) is 7.88. The Bertz CT molecular complexity index is 496. The van der Waals surface area contributed by atoms with E-state index in [1.165, 1.54) is 5.56 Å². The topological polar surface area (TPSA) is 43.8 Å². The summed E-state index contributed by atoms with van der Waals surface area (Å²) >= 11 is 0. The maximum absolute atomic E-state index is 5.79. The van der Waals surface area contributed by atoms with Crippen LogP contribution < -0.4 is 5.73 Å². The fourth-order valence-corrected chi connectivity index (χ4v) is 1.72. The van der Waals surface area contributed by atoms with Crippen molar-refractivity contribution < 1.29 is 0 Å². The third-order valence-electron chi connectivity index (χ3n) is 2.93. The van der Waals surface area contributed by atoms with E-state index in [4.69, 9.17) is 5.73 Å². The van der Waals surface area contributed by atoms with E-state index in [0.29, 0.717) is 0 Å². The van der Waals surface area contributed by atoms with Gasteiger partial charge in [-0.2, -0.15) is 5.10 Å². The molecule has 1 heterocycles. The molecule has 0 spiro atoms. The summed E-state index contributed by atoms with van der Waals surface area (Å²) in [5.74, 6) is 0. The van der Waals surface area contributed by atoms with Gasteiger partial charge in [0, 0.05) is 0 Å². The van der Waals surface area contributed by atoms with Crippen LogP contribution in [0.2, 0.25) is 0 Å². The molecule has 0 saturated carbocycles. The average molecular weight is 229 g/mol. The molecule has 0 amide bonds. The Morgan fingerprint density at radius 2 is 1.71 bits per heavy atom. The summed E-state index contributed by atoms with van der Waals surface area (Å²) in [6, 6.07) is 8.43. The summed E-state index contributed by atoms with van der Waals surface area (Å²) < 4.78 is 1.82. The van der Waals surface area contributed by atoms with E-state index in [0.717, 1.165) is 17.1 Å². The van der Waals surface area contributed by atoms with Crippen LogP contribution >= 0.6 is 0 Å². The van der Waals surface area contributed by atoms with Gasteiger partial charge in [-0.25, -0.2) is 4.68 Å². The molecule has 0 aliphatic rings. The number of aromatic nitrogens is 2. The minimum Gasteiger partial charge on any atom is -0.396 e. The lowest BCUT2D eigenvalue weighted by Gasteiger charge is -2.19. The zero-order valence-electron chi connectivity index (χ0n) is 10.9. The molecule has 0 radical (unpaired) electrons. The minimum atomic E-state index is 0.178. The summed E-state index contributed by atoms with van der Waals surface area (Å²) in [5, 5.41) is 4.36. The normalized spacial score (nSPS) is 11.8. The summed E-state index contributed by atoms with van der Waals surface area (Å²) in [5.41, 5.74) is 9.92. The molecule has 2 aromatic rings. The van der Waals surface area contributed by atoms with Crippen molar-refractivity contribution in [3.05, 3.63) is 41.7 Å². The maximum Gasteiger partial charge on any atom is 0.0827 e. The van der Waals surface area contributed by atoms with Gasteiger partial charge >= 0.3 is 0 Å². The molecular formula is C14H19N3. The first-order valence-electron chi connectivity index (χ1n) is 5.80. The van der Waals surface area contributed by atoms with Crippen LogP contribution in [0, 0.1) is 6.92 Å². The van der Waals surface area contributed by atoms with Gasteiger partial charge in [0.1, 0.15) is 0 Å². The van der Waals surface area contributed by atoms with Crippen molar-refractivity contribution in [1.29, 1.82) is 0 Å². The van der Waals surface area contributed by atoms with Gasteiger partial charge in [0.15, 0.2) is 0 Å². The van der Waals surface area contributed by atoms with E-state index in [2.05, 4.69) is 50.1 Å². The number of nitrogens with zero attached hydrogens (tertiary/aromatic N) is 2. The van der Waals surface area contributed by atoms with Crippen LogP contribution in [0.5, 0.6) is 0 Å². The lowest BCUT2D eigenvalue weighted by molar-refractivity contribution is 0.590. The maximum atomic E-state index is 5.79. The van der Waals surface area contributed by atoms with Crippen molar-refractivity contribution in [3.8, 4) is 5.69 Å². The molecule has 90 valence electrons. The van der Waals surface area contributed by atoms with Crippen LogP contribution in [0.3, 0.4) is 0 Å². The third-order valence-corrected chi connectivity index (χ3v) is 2.93. The van der Waals surface area contributed by atoms with E-state index in [1.807, 2.05) is 17.8 Å². The Morgan fingerprint density at radius 1 is 1.12 bits per heavy atom. The quantitative estimate of drug-likeness (QED) is 0.816. The first kappa shape index (κ1) is 11.7. The zero-order chi connectivity index (χ0) is 12.6. The fourth-order valence-electron chi connectivity index (χ4n) is 1.72. The van der Waals surface area contributed by atoms with Gasteiger partial charge in [-0.3, -0.25) is 0 Å². The lowest BCUT2D eigenvalue weighted by Crippen LogP contribution is -2.10. The molecule has 0 atom stereocenters. The monoisotopic (exact) mass is 229 g/mol. The predicted molar refractivity (Wildman–Crippen MR) is 71.4 cm³/mol. The van der Waals surface area contributed by atoms with Crippen molar-refractivity contribution in [2.75, 3.05) is 5.73 Å². The number of rotatable bonds is 1. The lowest BCUT2D eigenvalue weighted by atomic mass is 9.87. The molecule has 0 unspecified atom stereocenters. The van der Waals surface area contributed by atoms with Crippen molar-refractivity contribution >= 4 is 5.69 Å². The molecule has 0 bridgehead atoms.